The number of thioether (sulfide) groups is 1. The number of oxazole rings is 1. The highest BCUT2D eigenvalue weighted by atomic mass is 32.2. The Bertz CT molecular complexity index is 1240. The number of hydrogen-bond donors (Lipinski definition) is 1. The fourth-order valence-corrected chi connectivity index (χ4v) is 3.66. The SMILES string of the molecule is Cc1cc(NC(=O)CSCc2coc(-c3ccccc3)n2)n(-c2ccc(C(F)(F)F)cn2)n1. The maximum Gasteiger partial charge on any atom is 0.417 e. The monoisotopic (exact) mass is 473 g/mol. The van der Waals surface area contributed by atoms with Crippen molar-refractivity contribution in [3.63, 3.8) is 0 Å². The second-order valence-corrected chi connectivity index (χ2v) is 8.02. The van der Waals surface area contributed by atoms with Crippen molar-refractivity contribution in [3.05, 3.63) is 77.9 Å². The Morgan fingerprint density at radius 2 is 1.97 bits per heavy atom. The summed E-state index contributed by atoms with van der Waals surface area (Å²) in [7, 11) is 0. The number of hydrogen-bond acceptors (Lipinski definition) is 6. The van der Waals surface area contributed by atoms with Crippen LogP contribution in [0.1, 0.15) is 17.0 Å². The normalized spacial score (nSPS) is 11.5. The van der Waals surface area contributed by atoms with Gasteiger partial charge in [0.25, 0.3) is 0 Å². The van der Waals surface area contributed by atoms with Crippen LogP contribution in [0.4, 0.5) is 19.0 Å². The fourth-order valence-electron chi connectivity index (χ4n) is 2.96. The second-order valence-electron chi connectivity index (χ2n) is 7.04. The number of halogens is 3. The third kappa shape index (κ3) is 5.61. The number of rotatable bonds is 7. The van der Waals surface area contributed by atoms with Gasteiger partial charge in [-0.2, -0.15) is 23.0 Å². The van der Waals surface area contributed by atoms with Crippen LogP contribution in [0.3, 0.4) is 0 Å². The molecular formula is C22H18F3N5O2S. The Hall–Kier alpha value is -3.60. The molecule has 1 N–H and O–H groups in total. The van der Waals surface area contributed by atoms with Crippen LogP contribution in [0.15, 0.2) is 65.4 Å². The lowest BCUT2D eigenvalue weighted by Gasteiger charge is -2.10. The largest absolute Gasteiger partial charge is 0.444 e. The molecule has 11 heteroatoms. The third-order valence-corrected chi connectivity index (χ3v) is 5.41. The highest BCUT2D eigenvalue weighted by Crippen LogP contribution is 2.29. The molecule has 0 radical (unpaired) electrons. The number of aromatic nitrogens is 4. The maximum atomic E-state index is 12.8. The fraction of sp³-hybridized carbons (Fsp3) is 0.182. The molecule has 4 aromatic rings. The van der Waals surface area contributed by atoms with E-state index in [-0.39, 0.29) is 17.5 Å². The number of pyridine rings is 1. The number of amides is 1. The first-order valence-corrected chi connectivity index (χ1v) is 10.9. The predicted molar refractivity (Wildman–Crippen MR) is 118 cm³/mol. The topological polar surface area (TPSA) is 85.8 Å². The third-order valence-electron chi connectivity index (χ3n) is 4.45. The van der Waals surface area contributed by atoms with Crippen molar-refractivity contribution in [2.24, 2.45) is 0 Å². The molecule has 0 aliphatic carbocycles. The minimum absolute atomic E-state index is 0.137. The van der Waals surface area contributed by atoms with Crippen LogP contribution in [0, 0.1) is 6.92 Å². The summed E-state index contributed by atoms with van der Waals surface area (Å²) in [5, 5.41) is 6.94. The molecule has 3 aromatic heterocycles. The summed E-state index contributed by atoms with van der Waals surface area (Å²) in [5.41, 5.74) is 1.30. The number of nitrogens with zero attached hydrogens (tertiary/aromatic N) is 4. The van der Waals surface area contributed by atoms with Gasteiger partial charge in [0.05, 0.1) is 22.7 Å². The predicted octanol–water partition coefficient (Wildman–Crippen LogP) is 5.12. The zero-order chi connectivity index (χ0) is 23.4. The Balaban J connectivity index is 1.35. The molecule has 3 heterocycles. The number of carbonyl (C=O) groups is 1. The van der Waals surface area contributed by atoms with Crippen LogP contribution in [0.5, 0.6) is 0 Å². The van der Waals surface area contributed by atoms with Gasteiger partial charge in [-0.15, -0.1) is 11.8 Å². The van der Waals surface area contributed by atoms with Gasteiger partial charge in [-0.1, -0.05) is 18.2 Å². The second kappa shape index (κ2) is 9.49. The van der Waals surface area contributed by atoms with E-state index in [1.807, 2.05) is 30.3 Å². The average Bonchev–Trinajstić information content (AvgIpc) is 3.40. The molecule has 0 aliphatic heterocycles. The Morgan fingerprint density at radius 1 is 1.18 bits per heavy atom. The van der Waals surface area contributed by atoms with Gasteiger partial charge < -0.3 is 9.73 Å². The van der Waals surface area contributed by atoms with E-state index in [0.717, 1.165) is 17.8 Å². The summed E-state index contributed by atoms with van der Waals surface area (Å²) in [6.07, 6.45) is -2.19. The van der Waals surface area contributed by atoms with Crippen molar-refractivity contribution < 1.29 is 22.4 Å². The van der Waals surface area contributed by atoms with E-state index < -0.39 is 11.7 Å². The van der Waals surface area contributed by atoms with E-state index in [1.165, 1.54) is 22.5 Å². The molecule has 0 bridgehead atoms. The molecule has 7 nitrogen and oxygen atoms in total. The number of aryl methyl sites for hydroxylation is 1. The summed E-state index contributed by atoms with van der Waals surface area (Å²) in [6, 6.07) is 13.2. The van der Waals surface area contributed by atoms with Crippen molar-refractivity contribution in [1.82, 2.24) is 19.7 Å². The molecule has 1 amide bonds. The highest BCUT2D eigenvalue weighted by Gasteiger charge is 2.30. The van der Waals surface area contributed by atoms with Crippen molar-refractivity contribution in [3.8, 4) is 17.3 Å². The van der Waals surface area contributed by atoms with Gasteiger partial charge in [0.2, 0.25) is 11.8 Å². The number of carbonyl (C=O) groups excluding carboxylic acids is 1. The van der Waals surface area contributed by atoms with Gasteiger partial charge in [-0.3, -0.25) is 4.79 Å². The van der Waals surface area contributed by atoms with Crippen molar-refractivity contribution >= 4 is 23.5 Å². The standard InChI is InChI=1S/C22H18F3N5O2S/c1-14-9-19(30(29-14)18-8-7-16(10-26-18)22(23,24)25)28-20(31)13-33-12-17-11-32-21(27-17)15-5-3-2-4-6-15/h2-11H,12-13H2,1H3,(H,28,31). The van der Waals surface area contributed by atoms with E-state index in [4.69, 9.17) is 4.42 Å². The van der Waals surface area contributed by atoms with Crippen molar-refractivity contribution in [2.45, 2.75) is 18.9 Å². The van der Waals surface area contributed by atoms with Crippen LogP contribution in [0.2, 0.25) is 0 Å². The van der Waals surface area contributed by atoms with E-state index in [9.17, 15) is 18.0 Å². The average molecular weight is 473 g/mol. The lowest BCUT2D eigenvalue weighted by molar-refractivity contribution is -0.137. The Morgan fingerprint density at radius 3 is 2.67 bits per heavy atom. The van der Waals surface area contributed by atoms with Gasteiger partial charge >= 0.3 is 6.18 Å². The quantitative estimate of drug-likeness (QED) is 0.401. The zero-order valence-electron chi connectivity index (χ0n) is 17.3. The molecule has 170 valence electrons. The maximum absolute atomic E-state index is 12.8. The first-order chi connectivity index (χ1) is 15.8. The number of anilines is 1. The highest BCUT2D eigenvalue weighted by molar-refractivity contribution is 7.99. The van der Waals surface area contributed by atoms with Crippen LogP contribution in [0.25, 0.3) is 17.3 Å². The molecule has 0 saturated heterocycles. The molecule has 0 saturated carbocycles. The lowest BCUT2D eigenvalue weighted by atomic mass is 10.2. The molecule has 4 rings (SSSR count). The van der Waals surface area contributed by atoms with Crippen molar-refractivity contribution in [1.29, 1.82) is 0 Å². The summed E-state index contributed by atoms with van der Waals surface area (Å²) in [4.78, 5) is 20.7. The number of nitrogens with one attached hydrogen (secondary N) is 1. The molecular weight excluding hydrogens is 455 g/mol. The van der Waals surface area contributed by atoms with Gasteiger partial charge in [-0.25, -0.2) is 9.97 Å². The van der Waals surface area contributed by atoms with E-state index in [2.05, 4.69) is 20.4 Å². The van der Waals surface area contributed by atoms with Crippen LogP contribution < -0.4 is 5.32 Å². The van der Waals surface area contributed by atoms with Crippen LogP contribution >= 0.6 is 11.8 Å². The smallest absolute Gasteiger partial charge is 0.417 e. The van der Waals surface area contributed by atoms with Gasteiger partial charge in [0.15, 0.2) is 5.82 Å². The first kappa shape index (κ1) is 22.6. The molecule has 33 heavy (non-hydrogen) atoms. The van der Waals surface area contributed by atoms with Gasteiger partial charge in [-0.05, 0) is 31.2 Å². The van der Waals surface area contributed by atoms with Gasteiger partial charge in [0, 0.05) is 23.6 Å². The van der Waals surface area contributed by atoms with E-state index in [1.54, 1.807) is 19.3 Å². The van der Waals surface area contributed by atoms with E-state index in [0.29, 0.717) is 28.8 Å². The molecule has 0 aliphatic rings. The summed E-state index contributed by atoms with van der Waals surface area (Å²) in [6.45, 7) is 1.71. The summed E-state index contributed by atoms with van der Waals surface area (Å²) < 4.78 is 45.1. The first-order valence-electron chi connectivity index (χ1n) is 9.77. The summed E-state index contributed by atoms with van der Waals surface area (Å²) in [5.74, 6) is 1.31. The minimum atomic E-state index is -4.48. The molecule has 0 atom stereocenters. The minimum Gasteiger partial charge on any atom is -0.444 e. The zero-order valence-corrected chi connectivity index (χ0v) is 18.2. The molecule has 0 spiro atoms. The number of benzene rings is 1. The lowest BCUT2D eigenvalue weighted by Crippen LogP contribution is -2.17. The van der Waals surface area contributed by atoms with Crippen molar-refractivity contribution in [2.75, 3.05) is 11.1 Å². The van der Waals surface area contributed by atoms with Gasteiger partial charge in [0.1, 0.15) is 12.1 Å². The molecule has 0 fully saturated rings. The molecule has 0 unspecified atom stereocenters. The van der Waals surface area contributed by atoms with Crippen LogP contribution in [-0.4, -0.2) is 31.4 Å². The Kier molecular flexibility index (Phi) is 6.50. The molecule has 1 aromatic carbocycles. The summed E-state index contributed by atoms with van der Waals surface area (Å²) >= 11 is 1.35. The Labute approximate surface area is 191 Å². The van der Waals surface area contributed by atoms with E-state index >= 15 is 0 Å². The van der Waals surface area contributed by atoms with Crippen LogP contribution in [-0.2, 0) is 16.7 Å². The number of alkyl halides is 3.